The maximum atomic E-state index is 13.4. The summed E-state index contributed by atoms with van der Waals surface area (Å²) in [5, 5.41) is 2.79. The molecule has 1 aromatic carbocycles. The summed E-state index contributed by atoms with van der Waals surface area (Å²) in [6.07, 6.45) is 5.42. The number of para-hydroxylation sites is 1. The van der Waals surface area contributed by atoms with Gasteiger partial charge in [0.05, 0.1) is 0 Å². The second-order valence-corrected chi connectivity index (χ2v) is 6.07. The highest BCUT2D eigenvalue weighted by molar-refractivity contribution is 5.77. The molecule has 0 saturated carbocycles. The van der Waals surface area contributed by atoms with Crippen molar-refractivity contribution in [1.29, 1.82) is 0 Å². The van der Waals surface area contributed by atoms with E-state index in [4.69, 9.17) is 4.74 Å². The van der Waals surface area contributed by atoms with Crippen LogP contribution in [-0.4, -0.2) is 30.6 Å². The van der Waals surface area contributed by atoms with Gasteiger partial charge in [0.1, 0.15) is 5.82 Å². The predicted molar refractivity (Wildman–Crippen MR) is 94.0 cm³/mol. The first-order chi connectivity index (χ1) is 12.2. The van der Waals surface area contributed by atoms with Crippen LogP contribution < -0.4 is 15.0 Å². The number of piperidine rings is 1. The Kier molecular flexibility index (Phi) is 5.82. The zero-order chi connectivity index (χ0) is 17.5. The largest absolute Gasteiger partial charge is 0.481 e. The van der Waals surface area contributed by atoms with Gasteiger partial charge in [-0.3, -0.25) is 4.79 Å². The number of aromatic nitrogens is 1. The van der Waals surface area contributed by atoms with Crippen LogP contribution in [0.15, 0.2) is 42.6 Å². The van der Waals surface area contributed by atoms with Crippen molar-refractivity contribution < 1.29 is 13.9 Å². The molecule has 2 heterocycles. The number of amides is 1. The minimum absolute atomic E-state index is 0.0777. The van der Waals surface area contributed by atoms with Crippen LogP contribution in [0.1, 0.15) is 24.8 Å². The lowest BCUT2D eigenvalue weighted by Gasteiger charge is -2.27. The molecule has 1 aliphatic rings. The van der Waals surface area contributed by atoms with Gasteiger partial charge in [-0.15, -0.1) is 0 Å². The smallest absolute Gasteiger partial charge is 0.258 e. The van der Waals surface area contributed by atoms with Crippen LogP contribution in [0.2, 0.25) is 0 Å². The van der Waals surface area contributed by atoms with E-state index in [0.29, 0.717) is 6.54 Å². The van der Waals surface area contributed by atoms with Crippen molar-refractivity contribution in [3.05, 3.63) is 54.0 Å². The molecule has 5 nitrogen and oxygen atoms in total. The van der Waals surface area contributed by atoms with Crippen molar-refractivity contribution in [2.75, 3.05) is 24.6 Å². The molecule has 132 valence electrons. The van der Waals surface area contributed by atoms with Gasteiger partial charge in [-0.05, 0) is 49.1 Å². The molecule has 1 fully saturated rings. The monoisotopic (exact) mass is 343 g/mol. The van der Waals surface area contributed by atoms with E-state index in [1.165, 1.54) is 31.4 Å². The van der Waals surface area contributed by atoms with E-state index in [1.807, 2.05) is 12.1 Å². The third-order valence-electron chi connectivity index (χ3n) is 4.18. The van der Waals surface area contributed by atoms with Gasteiger partial charge in [-0.1, -0.05) is 12.1 Å². The highest BCUT2D eigenvalue weighted by Gasteiger charge is 2.12. The fraction of sp³-hybridized carbons (Fsp3) is 0.368. The number of hydrogen-bond acceptors (Lipinski definition) is 4. The lowest BCUT2D eigenvalue weighted by atomic mass is 10.1. The number of carbonyl (C=O) groups is 1. The van der Waals surface area contributed by atoms with Gasteiger partial charge in [-0.25, -0.2) is 9.37 Å². The summed E-state index contributed by atoms with van der Waals surface area (Å²) in [4.78, 5) is 18.6. The molecule has 3 rings (SSSR count). The topological polar surface area (TPSA) is 54.5 Å². The fourth-order valence-corrected chi connectivity index (χ4v) is 2.82. The molecule has 0 aliphatic carbocycles. The van der Waals surface area contributed by atoms with Crippen LogP contribution in [0, 0.1) is 5.82 Å². The quantitative estimate of drug-likeness (QED) is 0.876. The van der Waals surface area contributed by atoms with Crippen molar-refractivity contribution in [1.82, 2.24) is 10.3 Å². The summed E-state index contributed by atoms with van der Waals surface area (Å²) in [5.41, 5.74) is 0.981. The number of anilines is 1. The number of nitrogens with one attached hydrogen (secondary N) is 1. The summed E-state index contributed by atoms with van der Waals surface area (Å²) >= 11 is 0. The maximum absolute atomic E-state index is 13.4. The lowest BCUT2D eigenvalue weighted by molar-refractivity contribution is -0.123. The number of benzene rings is 1. The first-order valence-corrected chi connectivity index (χ1v) is 8.56. The van der Waals surface area contributed by atoms with E-state index < -0.39 is 5.82 Å². The van der Waals surface area contributed by atoms with E-state index >= 15 is 0 Å². The van der Waals surface area contributed by atoms with Crippen LogP contribution in [0.5, 0.6) is 5.75 Å². The average molecular weight is 343 g/mol. The fourth-order valence-electron chi connectivity index (χ4n) is 2.82. The molecule has 25 heavy (non-hydrogen) atoms. The molecule has 0 bridgehead atoms. The summed E-state index contributed by atoms with van der Waals surface area (Å²) in [6, 6.07) is 9.92. The molecule has 0 unspecified atom stereocenters. The van der Waals surface area contributed by atoms with Crippen LogP contribution in [-0.2, 0) is 11.3 Å². The Morgan fingerprint density at radius 1 is 1.20 bits per heavy atom. The number of carbonyl (C=O) groups excluding carboxylic acids is 1. The van der Waals surface area contributed by atoms with Crippen molar-refractivity contribution in [3.63, 3.8) is 0 Å². The van der Waals surface area contributed by atoms with Gasteiger partial charge in [-0.2, -0.15) is 0 Å². The van der Waals surface area contributed by atoms with E-state index in [-0.39, 0.29) is 18.3 Å². The van der Waals surface area contributed by atoms with Gasteiger partial charge in [0, 0.05) is 25.8 Å². The first kappa shape index (κ1) is 17.2. The van der Waals surface area contributed by atoms with Crippen molar-refractivity contribution in [2.24, 2.45) is 0 Å². The highest BCUT2D eigenvalue weighted by Crippen LogP contribution is 2.18. The van der Waals surface area contributed by atoms with Gasteiger partial charge in [0.15, 0.2) is 18.2 Å². The number of pyridine rings is 1. The minimum Gasteiger partial charge on any atom is -0.481 e. The normalized spacial score (nSPS) is 14.2. The van der Waals surface area contributed by atoms with E-state index in [2.05, 4.69) is 15.2 Å². The molecular formula is C19H22FN3O2. The zero-order valence-electron chi connectivity index (χ0n) is 14.1. The number of hydrogen-bond donors (Lipinski definition) is 1. The Morgan fingerprint density at radius 3 is 2.80 bits per heavy atom. The molecule has 1 N–H and O–H groups in total. The number of nitrogens with zero attached hydrogens (tertiary/aromatic N) is 2. The Balaban J connectivity index is 1.49. The number of halogens is 1. The molecule has 0 spiro atoms. The Bertz CT molecular complexity index is 717. The Hall–Kier alpha value is -2.63. The number of ether oxygens (including phenoxy) is 1. The third-order valence-corrected chi connectivity index (χ3v) is 4.18. The van der Waals surface area contributed by atoms with Crippen LogP contribution >= 0.6 is 0 Å². The predicted octanol–water partition coefficient (Wildman–Crippen LogP) is 2.91. The van der Waals surface area contributed by atoms with Crippen LogP contribution in [0.25, 0.3) is 0 Å². The highest BCUT2D eigenvalue weighted by atomic mass is 19.1. The first-order valence-electron chi connectivity index (χ1n) is 8.56. The van der Waals surface area contributed by atoms with E-state index in [1.54, 1.807) is 18.3 Å². The standard InChI is InChI=1S/C19H22FN3O2/c20-16-6-2-3-7-17(16)25-14-19(24)22-13-15-8-9-21-18(12-15)23-10-4-1-5-11-23/h2-3,6-9,12H,1,4-5,10-11,13-14H2,(H,22,24). The molecule has 2 aromatic rings. The van der Waals surface area contributed by atoms with Gasteiger partial charge in [0.25, 0.3) is 5.91 Å². The molecule has 1 aliphatic heterocycles. The van der Waals surface area contributed by atoms with Gasteiger partial charge < -0.3 is 15.0 Å². The zero-order valence-corrected chi connectivity index (χ0v) is 14.1. The van der Waals surface area contributed by atoms with E-state index in [0.717, 1.165) is 24.5 Å². The van der Waals surface area contributed by atoms with Crippen LogP contribution in [0.4, 0.5) is 10.2 Å². The molecule has 0 radical (unpaired) electrons. The molecule has 1 aromatic heterocycles. The van der Waals surface area contributed by atoms with Crippen LogP contribution in [0.3, 0.4) is 0 Å². The summed E-state index contributed by atoms with van der Waals surface area (Å²) in [6.45, 7) is 2.23. The van der Waals surface area contributed by atoms with Gasteiger partial charge in [0.2, 0.25) is 0 Å². The third kappa shape index (κ3) is 4.92. The SMILES string of the molecule is O=C(COc1ccccc1F)NCc1ccnc(N2CCCCC2)c1. The number of rotatable bonds is 6. The lowest BCUT2D eigenvalue weighted by Crippen LogP contribution is -2.31. The Morgan fingerprint density at radius 2 is 2.00 bits per heavy atom. The molecule has 1 saturated heterocycles. The minimum atomic E-state index is -0.476. The second-order valence-electron chi connectivity index (χ2n) is 6.07. The summed E-state index contributed by atoms with van der Waals surface area (Å²) < 4.78 is 18.6. The van der Waals surface area contributed by atoms with E-state index in [9.17, 15) is 9.18 Å². The average Bonchev–Trinajstić information content (AvgIpc) is 2.67. The molecular weight excluding hydrogens is 321 g/mol. The molecule has 1 amide bonds. The van der Waals surface area contributed by atoms with Gasteiger partial charge >= 0.3 is 0 Å². The molecule has 0 atom stereocenters. The van der Waals surface area contributed by atoms with Crippen molar-refractivity contribution >= 4 is 11.7 Å². The molecule has 6 heteroatoms. The Labute approximate surface area is 146 Å². The second kappa shape index (κ2) is 8.46. The van der Waals surface area contributed by atoms with Crippen molar-refractivity contribution in [2.45, 2.75) is 25.8 Å². The summed E-state index contributed by atoms with van der Waals surface area (Å²) in [7, 11) is 0. The maximum Gasteiger partial charge on any atom is 0.258 e. The summed E-state index contributed by atoms with van der Waals surface area (Å²) in [5.74, 6) is 0.262. The van der Waals surface area contributed by atoms with Crippen molar-refractivity contribution in [3.8, 4) is 5.75 Å².